The predicted octanol–water partition coefficient (Wildman–Crippen LogP) is -0.148. The molecule has 0 unspecified atom stereocenters. The first kappa shape index (κ1) is 15.5. The number of piperazine rings is 1. The number of aromatic amines is 1. The number of likely N-dealkylation sites (N-methyl/N-ethyl adjacent to an activating group) is 1. The van der Waals surface area contributed by atoms with Gasteiger partial charge in [0.25, 0.3) is 11.1 Å². The molecule has 2 heterocycles. The number of nitrogens with one attached hydrogen (secondary N) is 1. The maximum absolute atomic E-state index is 12.5. The zero-order valence-electron chi connectivity index (χ0n) is 13.3. The van der Waals surface area contributed by atoms with E-state index in [2.05, 4.69) is 10.00 Å². The van der Waals surface area contributed by atoms with E-state index in [1.54, 1.807) is 29.2 Å². The largest absolute Gasteiger partial charge is 0.336 e. The lowest BCUT2D eigenvalue weighted by molar-refractivity contribution is -0.136. The zero-order valence-corrected chi connectivity index (χ0v) is 13.3. The highest BCUT2D eigenvalue weighted by Crippen LogP contribution is 2.09. The molecular formula is C16H20N4O3. The third-order valence-electron chi connectivity index (χ3n) is 4.33. The van der Waals surface area contributed by atoms with Crippen molar-refractivity contribution in [2.24, 2.45) is 0 Å². The fraction of sp³-hybridized carbons (Fsp3) is 0.438. The Balaban J connectivity index is 1.90. The number of aromatic nitrogens is 2. The molecule has 1 N–H and O–H groups in total. The van der Waals surface area contributed by atoms with E-state index in [4.69, 9.17) is 0 Å². The maximum atomic E-state index is 12.5. The fourth-order valence-corrected chi connectivity index (χ4v) is 3.09. The average Bonchev–Trinajstić information content (AvgIpc) is 2.52. The zero-order chi connectivity index (χ0) is 16.6. The molecule has 0 spiro atoms. The Hall–Kier alpha value is -2.41. The van der Waals surface area contributed by atoms with E-state index in [1.165, 1.54) is 0 Å². The molecular weight excluding hydrogens is 296 g/mol. The SMILES string of the molecule is C[C@@H]1CN(C)CCN1C(=O)Cn1[nH]c(=O)c2ccccc2c1=O. The van der Waals surface area contributed by atoms with Crippen LogP contribution in [0.25, 0.3) is 10.8 Å². The normalized spacial score (nSPS) is 19.2. The molecule has 1 fully saturated rings. The van der Waals surface area contributed by atoms with E-state index in [1.807, 2.05) is 14.0 Å². The fourth-order valence-electron chi connectivity index (χ4n) is 3.09. The third-order valence-corrected chi connectivity index (χ3v) is 4.33. The number of benzene rings is 1. The predicted molar refractivity (Wildman–Crippen MR) is 87.5 cm³/mol. The first-order valence-corrected chi connectivity index (χ1v) is 7.67. The minimum Gasteiger partial charge on any atom is -0.336 e. The average molecular weight is 316 g/mol. The van der Waals surface area contributed by atoms with Crippen molar-refractivity contribution in [1.82, 2.24) is 19.6 Å². The molecule has 1 aliphatic heterocycles. The smallest absolute Gasteiger partial charge is 0.273 e. The van der Waals surface area contributed by atoms with Gasteiger partial charge in [0.15, 0.2) is 0 Å². The van der Waals surface area contributed by atoms with Gasteiger partial charge in [0, 0.05) is 25.7 Å². The van der Waals surface area contributed by atoms with Crippen LogP contribution in [0.15, 0.2) is 33.9 Å². The van der Waals surface area contributed by atoms with Gasteiger partial charge in [-0.3, -0.25) is 19.5 Å². The molecule has 1 amide bonds. The quantitative estimate of drug-likeness (QED) is 0.836. The second-order valence-corrected chi connectivity index (χ2v) is 6.08. The van der Waals surface area contributed by atoms with E-state index >= 15 is 0 Å². The number of rotatable bonds is 2. The van der Waals surface area contributed by atoms with E-state index in [9.17, 15) is 14.4 Å². The second-order valence-electron chi connectivity index (χ2n) is 6.08. The number of H-pyrrole nitrogens is 1. The monoisotopic (exact) mass is 316 g/mol. The number of carbonyl (C=O) groups is 1. The molecule has 1 aromatic heterocycles. The van der Waals surface area contributed by atoms with Crippen molar-refractivity contribution in [2.45, 2.75) is 19.5 Å². The highest BCUT2D eigenvalue weighted by molar-refractivity contribution is 5.81. The Morgan fingerprint density at radius 3 is 2.61 bits per heavy atom. The van der Waals surface area contributed by atoms with Crippen molar-refractivity contribution in [2.75, 3.05) is 26.7 Å². The Morgan fingerprint density at radius 2 is 1.91 bits per heavy atom. The highest BCUT2D eigenvalue weighted by atomic mass is 16.2. The molecule has 3 rings (SSSR count). The van der Waals surface area contributed by atoms with Crippen molar-refractivity contribution in [3.8, 4) is 0 Å². The van der Waals surface area contributed by atoms with Crippen molar-refractivity contribution in [3.63, 3.8) is 0 Å². The number of carbonyl (C=O) groups excluding carboxylic acids is 1. The Bertz CT molecular complexity index is 854. The minimum absolute atomic E-state index is 0.0872. The molecule has 0 radical (unpaired) electrons. The molecule has 1 aromatic carbocycles. The summed E-state index contributed by atoms with van der Waals surface area (Å²) in [4.78, 5) is 41.0. The van der Waals surface area contributed by atoms with Crippen LogP contribution in [0.1, 0.15) is 6.92 Å². The Labute approximate surface area is 133 Å². The standard InChI is InChI=1S/C16H20N4O3/c1-11-9-18(2)7-8-19(11)14(21)10-20-16(23)13-6-4-3-5-12(13)15(22)17-20/h3-6,11H,7-10H2,1-2H3,(H,17,22)/t11-/m1/s1. The number of amides is 1. The van der Waals surface area contributed by atoms with Gasteiger partial charge in [-0.25, -0.2) is 4.68 Å². The van der Waals surface area contributed by atoms with Gasteiger partial charge in [0.05, 0.1) is 10.8 Å². The Morgan fingerprint density at radius 1 is 1.22 bits per heavy atom. The van der Waals surface area contributed by atoms with E-state index in [0.717, 1.165) is 17.8 Å². The summed E-state index contributed by atoms with van der Waals surface area (Å²) in [6, 6.07) is 6.71. The van der Waals surface area contributed by atoms with Gasteiger partial charge in [-0.15, -0.1) is 0 Å². The van der Waals surface area contributed by atoms with Gasteiger partial charge in [-0.2, -0.15) is 0 Å². The minimum atomic E-state index is -0.362. The van der Waals surface area contributed by atoms with Gasteiger partial charge in [0.1, 0.15) is 6.54 Å². The van der Waals surface area contributed by atoms with Gasteiger partial charge in [0.2, 0.25) is 5.91 Å². The van der Waals surface area contributed by atoms with Crippen LogP contribution < -0.4 is 11.1 Å². The number of fused-ring (bicyclic) bond motifs is 1. The van der Waals surface area contributed by atoms with Crippen LogP contribution in [-0.4, -0.2) is 58.2 Å². The van der Waals surface area contributed by atoms with Crippen molar-refractivity contribution in [3.05, 3.63) is 45.0 Å². The molecule has 23 heavy (non-hydrogen) atoms. The molecule has 1 aliphatic rings. The number of hydrogen-bond donors (Lipinski definition) is 1. The van der Waals surface area contributed by atoms with Crippen molar-refractivity contribution in [1.29, 1.82) is 0 Å². The lowest BCUT2D eigenvalue weighted by Gasteiger charge is -2.38. The van der Waals surface area contributed by atoms with Crippen LogP contribution in [0, 0.1) is 0 Å². The molecule has 7 heteroatoms. The van der Waals surface area contributed by atoms with Gasteiger partial charge in [-0.05, 0) is 26.1 Å². The summed E-state index contributed by atoms with van der Waals surface area (Å²) in [5.74, 6) is -0.154. The second kappa shape index (κ2) is 6.00. The third kappa shape index (κ3) is 2.92. The molecule has 0 aliphatic carbocycles. The lowest BCUT2D eigenvalue weighted by atomic mass is 10.2. The summed E-state index contributed by atoms with van der Waals surface area (Å²) in [6.07, 6.45) is 0. The number of hydrogen-bond acceptors (Lipinski definition) is 4. The summed E-state index contributed by atoms with van der Waals surface area (Å²) < 4.78 is 1.11. The lowest BCUT2D eigenvalue weighted by Crippen LogP contribution is -2.54. The summed E-state index contributed by atoms with van der Waals surface area (Å²) in [5.41, 5.74) is -0.713. The maximum Gasteiger partial charge on any atom is 0.273 e. The van der Waals surface area contributed by atoms with Crippen molar-refractivity contribution < 1.29 is 4.79 Å². The summed E-state index contributed by atoms with van der Waals surface area (Å²) >= 11 is 0. The molecule has 1 atom stereocenters. The van der Waals surface area contributed by atoms with Crippen LogP contribution in [0.5, 0.6) is 0 Å². The van der Waals surface area contributed by atoms with Crippen molar-refractivity contribution >= 4 is 16.7 Å². The number of nitrogens with zero attached hydrogens (tertiary/aromatic N) is 3. The van der Waals surface area contributed by atoms with Crippen LogP contribution in [-0.2, 0) is 11.3 Å². The molecule has 2 aromatic rings. The molecule has 1 saturated heterocycles. The van der Waals surface area contributed by atoms with Crippen LogP contribution in [0.2, 0.25) is 0 Å². The molecule has 122 valence electrons. The van der Waals surface area contributed by atoms with E-state index in [0.29, 0.717) is 17.3 Å². The summed E-state index contributed by atoms with van der Waals surface area (Å²) in [6.45, 7) is 4.07. The first-order valence-electron chi connectivity index (χ1n) is 7.67. The molecule has 0 bridgehead atoms. The van der Waals surface area contributed by atoms with Crippen LogP contribution in [0.3, 0.4) is 0 Å². The van der Waals surface area contributed by atoms with Crippen LogP contribution in [0.4, 0.5) is 0 Å². The Kier molecular flexibility index (Phi) is 4.04. The van der Waals surface area contributed by atoms with Crippen LogP contribution >= 0.6 is 0 Å². The summed E-state index contributed by atoms with van der Waals surface area (Å²) in [7, 11) is 2.02. The van der Waals surface area contributed by atoms with E-state index < -0.39 is 0 Å². The van der Waals surface area contributed by atoms with Gasteiger partial charge >= 0.3 is 0 Å². The topological polar surface area (TPSA) is 78.4 Å². The molecule has 0 saturated carbocycles. The van der Waals surface area contributed by atoms with E-state index in [-0.39, 0.29) is 29.6 Å². The summed E-state index contributed by atoms with van der Waals surface area (Å²) in [5, 5.41) is 3.17. The first-order chi connectivity index (χ1) is 11.0. The van der Waals surface area contributed by atoms with Gasteiger partial charge < -0.3 is 9.80 Å². The molecule has 7 nitrogen and oxygen atoms in total. The highest BCUT2D eigenvalue weighted by Gasteiger charge is 2.26. The van der Waals surface area contributed by atoms with Gasteiger partial charge in [-0.1, -0.05) is 12.1 Å².